The molecule has 3 aromatic rings. The van der Waals surface area contributed by atoms with Crippen LogP contribution in [0.2, 0.25) is 10.0 Å². The maximum absolute atomic E-state index is 13.1. The van der Waals surface area contributed by atoms with Crippen LogP contribution in [0, 0.1) is 0 Å². The molecule has 1 aliphatic heterocycles. The maximum atomic E-state index is 13.1. The van der Waals surface area contributed by atoms with Crippen molar-refractivity contribution < 1.29 is 14.3 Å². The number of halogens is 2. The lowest BCUT2D eigenvalue weighted by atomic mass is 10.2. The molecule has 190 valence electrons. The molecule has 2 heterocycles. The average Bonchev–Trinajstić information content (AvgIpc) is 3.36. The van der Waals surface area contributed by atoms with Gasteiger partial charge in [0.15, 0.2) is 0 Å². The van der Waals surface area contributed by atoms with Gasteiger partial charge in [-0.2, -0.15) is 0 Å². The van der Waals surface area contributed by atoms with Gasteiger partial charge in [-0.1, -0.05) is 29.3 Å². The number of anilines is 2. The summed E-state index contributed by atoms with van der Waals surface area (Å²) in [6.07, 6.45) is 0. The summed E-state index contributed by atoms with van der Waals surface area (Å²) in [6.45, 7) is 3.66. The van der Waals surface area contributed by atoms with Gasteiger partial charge in [-0.3, -0.25) is 4.79 Å². The van der Waals surface area contributed by atoms with Gasteiger partial charge < -0.3 is 24.8 Å². The van der Waals surface area contributed by atoms with E-state index in [1.807, 2.05) is 29.2 Å². The van der Waals surface area contributed by atoms with Crippen molar-refractivity contribution >= 4 is 57.9 Å². The first kappa shape index (κ1) is 26.2. The number of hydrogen-bond acceptors (Lipinski definition) is 6. The maximum Gasteiger partial charge on any atom is 0.322 e. The molecule has 0 unspecified atom stereocenters. The summed E-state index contributed by atoms with van der Waals surface area (Å²) < 4.78 is 5.17. The lowest BCUT2D eigenvalue weighted by molar-refractivity contribution is 0.0741. The van der Waals surface area contributed by atoms with Crippen LogP contribution in [0.15, 0.2) is 53.9 Å². The molecule has 36 heavy (non-hydrogen) atoms. The van der Waals surface area contributed by atoms with Crippen LogP contribution in [-0.4, -0.2) is 73.2 Å². The molecule has 3 amide bonds. The Bertz CT molecular complexity index is 1180. The van der Waals surface area contributed by atoms with E-state index in [1.54, 1.807) is 41.7 Å². The van der Waals surface area contributed by atoms with Gasteiger partial charge in [0.2, 0.25) is 0 Å². The highest BCUT2D eigenvalue weighted by atomic mass is 35.5. The smallest absolute Gasteiger partial charge is 0.322 e. The van der Waals surface area contributed by atoms with Crippen molar-refractivity contribution in [1.82, 2.24) is 14.8 Å². The zero-order valence-corrected chi connectivity index (χ0v) is 22.2. The van der Waals surface area contributed by atoms with E-state index in [9.17, 15) is 9.59 Å². The monoisotopic (exact) mass is 547 g/mol. The molecule has 0 atom stereocenters. The van der Waals surface area contributed by atoms with E-state index in [4.69, 9.17) is 27.9 Å². The molecule has 0 spiro atoms. The number of benzene rings is 2. The zero-order valence-electron chi connectivity index (χ0n) is 19.8. The Morgan fingerprint density at radius 2 is 1.83 bits per heavy atom. The molecule has 1 N–H and O–H groups in total. The van der Waals surface area contributed by atoms with Crippen molar-refractivity contribution in [2.24, 2.45) is 0 Å². The Hall–Kier alpha value is -2.85. The van der Waals surface area contributed by atoms with Crippen LogP contribution in [0.1, 0.15) is 15.5 Å². The standard InChI is InChI=1S/C25H27Cl2N5O3S/c1-35-14-13-32(25(34)28-20-7-5-18(26)6-8-20)16-23-29-22(17-36-23)24(33)31-11-9-30(10-12-31)21-4-2-3-19(27)15-21/h2-8,15,17H,9-14,16H2,1H3,(H,28,34). The molecule has 8 nitrogen and oxygen atoms in total. The lowest BCUT2D eigenvalue weighted by Gasteiger charge is -2.35. The highest BCUT2D eigenvalue weighted by Crippen LogP contribution is 2.22. The van der Waals surface area contributed by atoms with Crippen molar-refractivity contribution in [2.75, 3.05) is 56.7 Å². The molecular formula is C25H27Cl2N5O3S. The van der Waals surface area contributed by atoms with Crippen molar-refractivity contribution in [3.8, 4) is 0 Å². The summed E-state index contributed by atoms with van der Waals surface area (Å²) in [7, 11) is 1.58. The van der Waals surface area contributed by atoms with Gasteiger partial charge in [0, 0.05) is 66.6 Å². The highest BCUT2D eigenvalue weighted by molar-refractivity contribution is 7.09. The number of urea groups is 1. The molecule has 0 saturated carbocycles. The molecule has 2 aromatic carbocycles. The van der Waals surface area contributed by atoms with Gasteiger partial charge in [-0.05, 0) is 42.5 Å². The molecular weight excluding hydrogens is 521 g/mol. The third kappa shape index (κ3) is 6.88. The average molecular weight is 548 g/mol. The SMILES string of the molecule is COCCN(Cc1nc(C(=O)N2CCN(c3cccc(Cl)c3)CC2)cs1)C(=O)Nc1ccc(Cl)cc1. The van der Waals surface area contributed by atoms with Gasteiger partial charge in [-0.15, -0.1) is 11.3 Å². The summed E-state index contributed by atoms with van der Waals surface area (Å²) in [5, 5.41) is 6.59. The Labute approximate surface area is 224 Å². The van der Waals surface area contributed by atoms with Crippen molar-refractivity contribution in [3.05, 3.63) is 74.7 Å². The number of rotatable bonds is 8. The van der Waals surface area contributed by atoms with Gasteiger partial charge in [-0.25, -0.2) is 9.78 Å². The van der Waals surface area contributed by atoms with Crippen LogP contribution in [-0.2, 0) is 11.3 Å². The molecule has 1 fully saturated rings. The van der Waals surface area contributed by atoms with E-state index in [-0.39, 0.29) is 18.5 Å². The minimum absolute atomic E-state index is 0.0997. The number of hydrogen-bond donors (Lipinski definition) is 1. The Morgan fingerprint density at radius 3 is 2.53 bits per heavy atom. The first-order valence-electron chi connectivity index (χ1n) is 11.5. The minimum Gasteiger partial charge on any atom is -0.383 e. The molecule has 1 aromatic heterocycles. The topological polar surface area (TPSA) is 78.0 Å². The lowest BCUT2D eigenvalue weighted by Crippen LogP contribution is -2.48. The third-order valence-corrected chi connectivity index (χ3v) is 7.11. The van der Waals surface area contributed by atoms with E-state index in [0.717, 1.165) is 18.8 Å². The molecule has 0 radical (unpaired) electrons. The van der Waals surface area contributed by atoms with Crippen LogP contribution in [0.5, 0.6) is 0 Å². The van der Waals surface area contributed by atoms with Crippen molar-refractivity contribution in [1.29, 1.82) is 0 Å². The highest BCUT2D eigenvalue weighted by Gasteiger charge is 2.25. The molecule has 4 rings (SSSR count). The summed E-state index contributed by atoms with van der Waals surface area (Å²) >= 11 is 13.4. The van der Waals surface area contributed by atoms with E-state index in [0.29, 0.717) is 52.7 Å². The Kier molecular flexibility index (Phi) is 9.03. The van der Waals surface area contributed by atoms with Gasteiger partial charge in [0.1, 0.15) is 10.7 Å². The number of nitrogens with zero attached hydrogens (tertiary/aromatic N) is 4. The predicted molar refractivity (Wildman–Crippen MR) is 144 cm³/mol. The molecule has 1 aliphatic rings. The third-order valence-electron chi connectivity index (χ3n) is 5.79. The first-order chi connectivity index (χ1) is 17.4. The minimum atomic E-state index is -0.283. The molecule has 0 aliphatic carbocycles. The second-order valence-corrected chi connectivity index (χ2v) is 10.1. The number of thiazole rings is 1. The van der Waals surface area contributed by atoms with Crippen LogP contribution in [0.25, 0.3) is 0 Å². The fourth-order valence-corrected chi connectivity index (χ4v) is 4.93. The number of amides is 3. The Balaban J connectivity index is 1.35. The van der Waals surface area contributed by atoms with E-state index >= 15 is 0 Å². The second-order valence-electron chi connectivity index (χ2n) is 8.24. The molecule has 11 heteroatoms. The summed E-state index contributed by atoms with van der Waals surface area (Å²) in [4.78, 5) is 36.1. The number of piperazine rings is 1. The molecule has 1 saturated heterocycles. The first-order valence-corrected chi connectivity index (χ1v) is 13.1. The van der Waals surface area contributed by atoms with Gasteiger partial charge in [0.05, 0.1) is 13.2 Å². The number of ether oxygens (including phenoxy) is 1. The number of aromatic nitrogens is 1. The largest absolute Gasteiger partial charge is 0.383 e. The zero-order chi connectivity index (χ0) is 25.5. The summed E-state index contributed by atoms with van der Waals surface area (Å²) in [5.74, 6) is -0.0997. The van der Waals surface area contributed by atoms with Crippen LogP contribution >= 0.6 is 34.5 Å². The van der Waals surface area contributed by atoms with Crippen molar-refractivity contribution in [3.63, 3.8) is 0 Å². The fraction of sp³-hybridized carbons (Fsp3) is 0.320. The van der Waals surface area contributed by atoms with E-state index in [1.165, 1.54) is 11.3 Å². The predicted octanol–water partition coefficient (Wildman–Crippen LogP) is 5.09. The van der Waals surface area contributed by atoms with Gasteiger partial charge in [0.25, 0.3) is 5.91 Å². The fourth-order valence-electron chi connectivity index (χ4n) is 3.84. The number of carbonyl (C=O) groups excluding carboxylic acids is 2. The Morgan fingerprint density at radius 1 is 1.08 bits per heavy atom. The second kappa shape index (κ2) is 12.4. The molecule has 0 bridgehead atoms. The van der Waals surface area contributed by atoms with Crippen molar-refractivity contribution in [2.45, 2.75) is 6.54 Å². The quantitative estimate of drug-likeness (QED) is 0.424. The van der Waals surface area contributed by atoms with Crippen LogP contribution in [0.3, 0.4) is 0 Å². The van der Waals surface area contributed by atoms with E-state index in [2.05, 4.69) is 15.2 Å². The normalized spacial score (nSPS) is 13.5. The van der Waals surface area contributed by atoms with E-state index < -0.39 is 0 Å². The summed E-state index contributed by atoms with van der Waals surface area (Å²) in [6, 6.07) is 14.4. The summed E-state index contributed by atoms with van der Waals surface area (Å²) in [5.41, 5.74) is 2.09. The number of carbonyl (C=O) groups is 2. The van der Waals surface area contributed by atoms with Crippen LogP contribution in [0.4, 0.5) is 16.2 Å². The van der Waals surface area contributed by atoms with Crippen LogP contribution < -0.4 is 10.2 Å². The van der Waals surface area contributed by atoms with Gasteiger partial charge >= 0.3 is 6.03 Å². The number of nitrogens with one attached hydrogen (secondary N) is 1. The number of methoxy groups -OCH3 is 1.